The SMILES string of the molecule is Oc1ccccc1N=Nc1nccs1. The molecule has 1 aromatic carbocycles. The van der Waals surface area contributed by atoms with Gasteiger partial charge < -0.3 is 5.11 Å². The molecule has 0 radical (unpaired) electrons. The normalized spacial score (nSPS) is 10.9. The number of nitrogens with zero attached hydrogens (tertiary/aromatic N) is 3. The van der Waals surface area contributed by atoms with E-state index in [0.29, 0.717) is 10.8 Å². The molecule has 70 valence electrons. The lowest BCUT2D eigenvalue weighted by atomic mass is 10.3. The van der Waals surface area contributed by atoms with Crippen molar-refractivity contribution >= 4 is 22.2 Å². The number of thiazole rings is 1. The summed E-state index contributed by atoms with van der Waals surface area (Å²) in [6.45, 7) is 0. The van der Waals surface area contributed by atoms with Crippen LogP contribution in [0.5, 0.6) is 5.75 Å². The Bertz CT molecular complexity index is 439. The van der Waals surface area contributed by atoms with Gasteiger partial charge in [-0.15, -0.1) is 21.6 Å². The molecule has 1 heterocycles. The standard InChI is InChI=1S/C9H7N3OS/c13-8-4-2-1-3-7(8)11-12-9-10-5-6-14-9/h1-6,13H. The molecule has 5 heteroatoms. The van der Waals surface area contributed by atoms with Gasteiger partial charge >= 0.3 is 0 Å². The smallest absolute Gasteiger partial charge is 0.229 e. The molecule has 0 amide bonds. The number of para-hydroxylation sites is 1. The Kier molecular flexibility index (Phi) is 2.51. The zero-order chi connectivity index (χ0) is 9.80. The minimum Gasteiger partial charge on any atom is -0.506 e. The van der Waals surface area contributed by atoms with E-state index in [1.807, 2.05) is 5.38 Å². The molecule has 0 aliphatic carbocycles. The van der Waals surface area contributed by atoms with Gasteiger partial charge in [-0.25, -0.2) is 4.98 Å². The van der Waals surface area contributed by atoms with Crippen LogP contribution in [0.1, 0.15) is 0 Å². The van der Waals surface area contributed by atoms with Crippen LogP contribution < -0.4 is 0 Å². The zero-order valence-electron chi connectivity index (χ0n) is 7.16. The largest absolute Gasteiger partial charge is 0.506 e. The third-order valence-electron chi connectivity index (χ3n) is 1.54. The Labute approximate surface area is 84.6 Å². The Morgan fingerprint density at radius 3 is 2.79 bits per heavy atom. The summed E-state index contributed by atoms with van der Waals surface area (Å²) in [7, 11) is 0. The van der Waals surface area contributed by atoms with Crippen LogP contribution in [0.4, 0.5) is 10.8 Å². The number of hydrogen-bond acceptors (Lipinski definition) is 5. The monoisotopic (exact) mass is 205 g/mol. The third kappa shape index (κ3) is 1.94. The Hall–Kier alpha value is -1.75. The highest BCUT2D eigenvalue weighted by Crippen LogP contribution is 2.27. The summed E-state index contributed by atoms with van der Waals surface area (Å²) in [4.78, 5) is 3.94. The van der Waals surface area contributed by atoms with Crippen LogP contribution >= 0.6 is 11.3 Å². The molecule has 2 aromatic rings. The third-order valence-corrected chi connectivity index (χ3v) is 2.20. The summed E-state index contributed by atoms with van der Waals surface area (Å²) in [5, 5.41) is 19.5. The average molecular weight is 205 g/mol. The first-order valence-electron chi connectivity index (χ1n) is 3.95. The van der Waals surface area contributed by atoms with E-state index >= 15 is 0 Å². The second kappa shape index (κ2) is 3.97. The fourth-order valence-corrected chi connectivity index (χ4v) is 1.36. The lowest BCUT2D eigenvalue weighted by Gasteiger charge is -1.93. The molecule has 0 aliphatic heterocycles. The van der Waals surface area contributed by atoms with Crippen LogP contribution in [0.15, 0.2) is 46.1 Å². The number of benzene rings is 1. The fraction of sp³-hybridized carbons (Fsp3) is 0. The summed E-state index contributed by atoms with van der Waals surface area (Å²) in [6, 6.07) is 6.77. The zero-order valence-corrected chi connectivity index (χ0v) is 7.98. The molecule has 0 atom stereocenters. The minimum atomic E-state index is 0.118. The van der Waals surface area contributed by atoms with Gasteiger partial charge in [0.15, 0.2) is 0 Å². The molecule has 0 spiro atoms. The minimum absolute atomic E-state index is 0.118. The van der Waals surface area contributed by atoms with Crippen molar-refractivity contribution in [2.24, 2.45) is 10.2 Å². The van der Waals surface area contributed by atoms with Crippen LogP contribution in [0.2, 0.25) is 0 Å². The van der Waals surface area contributed by atoms with E-state index in [1.165, 1.54) is 11.3 Å². The Balaban J connectivity index is 2.23. The van der Waals surface area contributed by atoms with E-state index in [1.54, 1.807) is 30.5 Å². The predicted molar refractivity (Wildman–Crippen MR) is 54.4 cm³/mol. The van der Waals surface area contributed by atoms with E-state index < -0.39 is 0 Å². The summed E-state index contributed by atoms with van der Waals surface area (Å²) < 4.78 is 0. The van der Waals surface area contributed by atoms with Crippen LogP contribution in [-0.4, -0.2) is 10.1 Å². The van der Waals surface area contributed by atoms with Crippen molar-refractivity contribution < 1.29 is 5.11 Å². The molecule has 14 heavy (non-hydrogen) atoms. The van der Waals surface area contributed by atoms with Crippen molar-refractivity contribution in [3.63, 3.8) is 0 Å². The van der Waals surface area contributed by atoms with Crippen LogP contribution in [-0.2, 0) is 0 Å². The van der Waals surface area contributed by atoms with Gasteiger partial charge in [-0.3, -0.25) is 0 Å². The van der Waals surface area contributed by atoms with E-state index in [4.69, 9.17) is 0 Å². The first kappa shape index (κ1) is 8.83. The number of azo groups is 1. The molecule has 0 saturated heterocycles. The molecule has 0 fully saturated rings. The molecular formula is C9H7N3OS. The maximum Gasteiger partial charge on any atom is 0.229 e. The van der Waals surface area contributed by atoms with Crippen molar-refractivity contribution in [2.45, 2.75) is 0 Å². The maximum absolute atomic E-state index is 9.37. The van der Waals surface area contributed by atoms with Gasteiger partial charge in [-0.1, -0.05) is 12.1 Å². The van der Waals surface area contributed by atoms with Gasteiger partial charge in [0, 0.05) is 11.6 Å². The van der Waals surface area contributed by atoms with Crippen molar-refractivity contribution in [1.82, 2.24) is 4.98 Å². The van der Waals surface area contributed by atoms with Crippen molar-refractivity contribution in [3.05, 3.63) is 35.8 Å². The quantitative estimate of drug-likeness (QED) is 0.765. The van der Waals surface area contributed by atoms with Gasteiger partial charge in [-0.2, -0.15) is 0 Å². The van der Waals surface area contributed by atoms with Crippen molar-refractivity contribution in [2.75, 3.05) is 0 Å². The van der Waals surface area contributed by atoms with E-state index in [9.17, 15) is 5.11 Å². The van der Waals surface area contributed by atoms with Gasteiger partial charge in [0.2, 0.25) is 5.13 Å². The van der Waals surface area contributed by atoms with Gasteiger partial charge in [0.05, 0.1) is 0 Å². The topological polar surface area (TPSA) is 57.8 Å². The van der Waals surface area contributed by atoms with Gasteiger partial charge in [-0.05, 0) is 12.1 Å². The molecule has 0 aliphatic rings. The molecule has 2 rings (SSSR count). The molecule has 1 aromatic heterocycles. The Morgan fingerprint density at radius 2 is 2.07 bits per heavy atom. The van der Waals surface area contributed by atoms with Gasteiger partial charge in [0.25, 0.3) is 0 Å². The molecule has 0 saturated carbocycles. The average Bonchev–Trinajstić information content (AvgIpc) is 2.69. The Morgan fingerprint density at radius 1 is 1.21 bits per heavy atom. The number of rotatable bonds is 2. The van der Waals surface area contributed by atoms with E-state index in [-0.39, 0.29) is 5.75 Å². The lowest BCUT2D eigenvalue weighted by molar-refractivity contribution is 0.476. The fourth-order valence-electron chi connectivity index (χ4n) is 0.911. The van der Waals surface area contributed by atoms with Crippen molar-refractivity contribution in [1.29, 1.82) is 0 Å². The first-order chi connectivity index (χ1) is 6.86. The molecule has 4 nitrogen and oxygen atoms in total. The number of aromatic hydroxyl groups is 1. The van der Waals surface area contributed by atoms with Gasteiger partial charge in [0.1, 0.15) is 11.4 Å². The summed E-state index contributed by atoms with van der Waals surface area (Å²) in [6.07, 6.45) is 1.66. The molecular weight excluding hydrogens is 198 g/mol. The number of phenolic OH excluding ortho intramolecular Hbond substituents is 1. The summed E-state index contributed by atoms with van der Waals surface area (Å²) in [5.41, 5.74) is 0.447. The second-order valence-corrected chi connectivity index (χ2v) is 3.38. The highest BCUT2D eigenvalue weighted by atomic mass is 32.1. The lowest BCUT2D eigenvalue weighted by Crippen LogP contribution is -1.65. The summed E-state index contributed by atoms with van der Waals surface area (Å²) >= 11 is 1.39. The number of phenols is 1. The van der Waals surface area contributed by atoms with E-state index in [2.05, 4.69) is 15.2 Å². The predicted octanol–water partition coefficient (Wildman–Crippen LogP) is 3.26. The maximum atomic E-state index is 9.37. The highest BCUT2D eigenvalue weighted by Gasteiger charge is 1.96. The number of hydrogen-bond donors (Lipinski definition) is 1. The van der Waals surface area contributed by atoms with Crippen LogP contribution in [0.3, 0.4) is 0 Å². The van der Waals surface area contributed by atoms with Crippen LogP contribution in [0.25, 0.3) is 0 Å². The molecule has 0 unspecified atom stereocenters. The number of aromatic nitrogens is 1. The van der Waals surface area contributed by atoms with Crippen LogP contribution in [0, 0.1) is 0 Å². The highest BCUT2D eigenvalue weighted by molar-refractivity contribution is 7.13. The second-order valence-electron chi connectivity index (χ2n) is 2.50. The first-order valence-corrected chi connectivity index (χ1v) is 4.83. The summed E-state index contributed by atoms with van der Waals surface area (Å²) in [5.74, 6) is 0.118. The molecule has 0 bridgehead atoms. The van der Waals surface area contributed by atoms with E-state index in [0.717, 1.165) is 0 Å². The molecule has 1 N–H and O–H groups in total. The van der Waals surface area contributed by atoms with Crippen molar-refractivity contribution in [3.8, 4) is 5.75 Å².